The molecule has 1 aliphatic rings. The Kier molecular flexibility index (Phi) is 6.55. The highest BCUT2D eigenvalue weighted by Gasteiger charge is 2.35. The van der Waals surface area contributed by atoms with Gasteiger partial charge in [0.2, 0.25) is 0 Å². The lowest BCUT2D eigenvalue weighted by Crippen LogP contribution is -2.31. The molecule has 0 unspecified atom stereocenters. The number of nitrogens with zero attached hydrogens (tertiary/aromatic N) is 2. The number of rotatable bonds is 4. The van der Waals surface area contributed by atoms with Gasteiger partial charge in [-0.05, 0) is 66.5 Å². The first-order valence-corrected chi connectivity index (χ1v) is 13.6. The van der Waals surface area contributed by atoms with Gasteiger partial charge in [-0.1, -0.05) is 101 Å². The van der Waals surface area contributed by atoms with Crippen molar-refractivity contribution >= 4 is 11.0 Å². The van der Waals surface area contributed by atoms with E-state index in [0.717, 1.165) is 6.42 Å². The van der Waals surface area contributed by atoms with Crippen molar-refractivity contribution in [3.8, 4) is 28.2 Å². The molecule has 1 aromatic heterocycles. The first kappa shape index (κ1) is 26.0. The molecule has 0 spiro atoms. The van der Waals surface area contributed by atoms with Crippen LogP contribution in [0, 0.1) is 13.8 Å². The standard InChI is InChI=1S/C35H37N2.CH4/c1-21(2)29-18-23(5)19-30(22(3)4)33(29)37-31-17-16-26-20-25-13-9-11-15-28(25)32(26)34(31)36(7)35(37)27-14-10-8-12-24(27)6;/h8-19,21-22H,20H2,1-7H3;1H4/q+1;. The Balaban J connectivity index is 0.00000294. The molecule has 1 heterocycles. The molecule has 0 radical (unpaired) electrons. The molecule has 0 saturated carbocycles. The predicted octanol–water partition coefficient (Wildman–Crippen LogP) is 9.19. The van der Waals surface area contributed by atoms with E-state index in [9.17, 15) is 0 Å². The third-order valence-electron chi connectivity index (χ3n) is 8.18. The molecule has 0 fully saturated rings. The summed E-state index contributed by atoms with van der Waals surface area (Å²) in [5.74, 6) is 2.07. The fourth-order valence-corrected chi connectivity index (χ4v) is 6.41. The van der Waals surface area contributed by atoms with Gasteiger partial charge in [-0.15, -0.1) is 0 Å². The van der Waals surface area contributed by atoms with Crippen molar-refractivity contribution in [2.75, 3.05) is 0 Å². The van der Waals surface area contributed by atoms with Crippen LogP contribution >= 0.6 is 0 Å². The van der Waals surface area contributed by atoms with Crippen LogP contribution < -0.4 is 4.57 Å². The number of aromatic nitrogens is 2. The highest BCUT2D eigenvalue weighted by Crippen LogP contribution is 2.44. The zero-order valence-corrected chi connectivity index (χ0v) is 23.2. The van der Waals surface area contributed by atoms with E-state index in [0.29, 0.717) is 11.8 Å². The van der Waals surface area contributed by atoms with E-state index in [1.165, 1.54) is 72.6 Å². The van der Waals surface area contributed by atoms with Gasteiger partial charge in [0.15, 0.2) is 11.0 Å². The van der Waals surface area contributed by atoms with Gasteiger partial charge in [0, 0.05) is 16.7 Å². The molecular weight excluding hydrogens is 460 g/mol. The van der Waals surface area contributed by atoms with Gasteiger partial charge in [-0.2, -0.15) is 4.57 Å². The Labute approximate surface area is 228 Å². The van der Waals surface area contributed by atoms with E-state index in [2.05, 4.69) is 131 Å². The summed E-state index contributed by atoms with van der Waals surface area (Å²) < 4.78 is 5.05. The first-order valence-electron chi connectivity index (χ1n) is 13.6. The highest BCUT2D eigenvalue weighted by atomic mass is 15.2. The van der Waals surface area contributed by atoms with Gasteiger partial charge in [-0.3, -0.25) is 0 Å². The number of fused-ring (bicyclic) bond motifs is 5. The molecule has 1 aliphatic carbocycles. The first-order chi connectivity index (χ1) is 17.8. The molecule has 6 rings (SSSR count). The molecule has 0 atom stereocenters. The van der Waals surface area contributed by atoms with E-state index in [-0.39, 0.29) is 7.43 Å². The average molecular weight is 502 g/mol. The molecule has 5 aromatic rings. The monoisotopic (exact) mass is 501 g/mol. The number of benzene rings is 4. The van der Waals surface area contributed by atoms with Gasteiger partial charge in [0.1, 0.15) is 5.69 Å². The lowest BCUT2D eigenvalue weighted by molar-refractivity contribution is -0.633. The summed E-state index contributed by atoms with van der Waals surface area (Å²) in [6.45, 7) is 13.8. The van der Waals surface area contributed by atoms with Crippen LogP contribution in [-0.2, 0) is 13.5 Å². The normalized spacial score (nSPS) is 12.2. The van der Waals surface area contributed by atoms with Crippen LogP contribution in [0.4, 0.5) is 0 Å². The maximum Gasteiger partial charge on any atom is 0.295 e. The van der Waals surface area contributed by atoms with Crippen LogP contribution in [0.2, 0.25) is 0 Å². The second kappa shape index (κ2) is 9.58. The smallest absolute Gasteiger partial charge is 0.225 e. The lowest BCUT2D eigenvalue weighted by atomic mass is 9.90. The molecule has 0 saturated heterocycles. The van der Waals surface area contributed by atoms with Crippen molar-refractivity contribution in [1.29, 1.82) is 0 Å². The van der Waals surface area contributed by atoms with Crippen molar-refractivity contribution < 1.29 is 4.57 Å². The Hall–Kier alpha value is -3.65. The second-order valence-electron chi connectivity index (χ2n) is 11.4. The predicted molar refractivity (Wildman–Crippen MR) is 163 cm³/mol. The molecular formula is C36H41N2+. The fourth-order valence-electron chi connectivity index (χ4n) is 6.41. The minimum atomic E-state index is 0. The Bertz CT molecular complexity index is 1650. The summed E-state index contributed by atoms with van der Waals surface area (Å²) in [7, 11) is 2.26. The zero-order valence-electron chi connectivity index (χ0n) is 23.2. The lowest BCUT2D eigenvalue weighted by Gasteiger charge is -2.20. The van der Waals surface area contributed by atoms with Crippen LogP contribution in [0.3, 0.4) is 0 Å². The Morgan fingerprint density at radius 1 is 0.737 bits per heavy atom. The van der Waals surface area contributed by atoms with Gasteiger partial charge >= 0.3 is 0 Å². The van der Waals surface area contributed by atoms with Crippen molar-refractivity contribution in [3.63, 3.8) is 0 Å². The Morgan fingerprint density at radius 2 is 1.34 bits per heavy atom. The van der Waals surface area contributed by atoms with Crippen LogP contribution in [0.15, 0.2) is 72.8 Å². The summed E-state index contributed by atoms with van der Waals surface area (Å²) in [6, 6.07) is 27.3. The molecule has 194 valence electrons. The number of imidazole rings is 1. The minimum absolute atomic E-state index is 0. The molecule has 38 heavy (non-hydrogen) atoms. The minimum Gasteiger partial charge on any atom is -0.225 e. The molecule has 0 bridgehead atoms. The third-order valence-corrected chi connectivity index (χ3v) is 8.18. The van der Waals surface area contributed by atoms with Crippen LogP contribution in [0.25, 0.3) is 39.2 Å². The maximum atomic E-state index is 2.59. The fraction of sp³-hybridized carbons (Fsp3) is 0.306. The SMILES string of the molecule is C.Cc1cc(C(C)C)c(-n2c(-c3ccccc3C)[n+](C)c3c4c(ccc32)Cc2ccccc2-4)c(C(C)C)c1. The topological polar surface area (TPSA) is 8.81 Å². The number of hydrogen-bond acceptors (Lipinski definition) is 0. The van der Waals surface area contributed by atoms with Crippen LogP contribution in [0.5, 0.6) is 0 Å². The van der Waals surface area contributed by atoms with E-state index in [4.69, 9.17) is 0 Å². The number of hydrogen-bond donors (Lipinski definition) is 0. The Morgan fingerprint density at radius 3 is 1.97 bits per heavy atom. The summed E-state index contributed by atoms with van der Waals surface area (Å²) >= 11 is 0. The van der Waals surface area contributed by atoms with Gasteiger partial charge in [0.05, 0.1) is 12.6 Å². The molecule has 4 aromatic carbocycles. The summed E-state index contributed by atoms with van der Waals surface area (Å²) in [5, 5.41) is 0. The summed E-state index contributed by atoms with van der Waals surface area (Å²) in [6.07, 6.45) is 1.01. The van der Waals surface area contributed by atoms with Crippen LogP contribution in [0.1, 0.15) is 80.3 Å². The van der Waals surface area contributed by atoms with Crippen molar-refractivity contribution in [2.45, 2.75) is 67.2 Å². The summed E-state index contributed by atoms with van der Waals surface area (Å²) in [5.41, 5.74) is 16.3. The highest BCUT2D eigenvalue weighted by molar-refractivity contribution is 5.97. The summed E-state index contributed by atoms with van der Waals surface area (Å²) in [4.78, 5) is 0. The van der Waals surface area contributed by atoms with Crippen molar-refractivity contribution in [3.05, 3.63) is 106 Å². The van der Waals surface area contributed by atoms with E-state index in [1.807, 2.05) is 0 Å². The van der Waals surface area contributed by atoms with E-state index < -0.39 is 0 Å². The van der Waals surface area contributed by atoms with Crippen LogP contribution in [-0.4, -0.2) is 4.57 Å². The average Bonchev–Trinajstić information content (AvgIpc) is 3.38. The van der Waals surface area contributed by atoms with Gasteiger partial charge in [-0.25, -0.2) is 4.57 Å². The second-order valence-corrected chi connectivity index (χ2v) is 11.4. The third kappa shape index (κ3) is 3.81. The van der Waals surface area contributed by atoms with Crippen molar-refractivity contribution in [1.82, 2.24) is 4.57 Å². The zero-order chi connectivity index (χ0) is 26.0. The largest absolute Gasteiger partial charge is 0.295 e. The van der Waals surface area contributed by atoms with Gasteiger partial charge < -0.3 is 0 Å². The molecule has 0 amide bonds. The molecule has 0 aliphatic heterocycles. The molecule has 2 nitrogen and oxygen atoms in total. The van der Waals surface area contributed by atoms with E-state index in [1.54, 1.807) is 0 Å². The van der Waals surface area contributed by atoms with Crippen molar-refractivity contribution in [2.24, 2.45) is 7.05 Å². The van der Waals surface area contributed by atoms with Gasteiger partial charge in [0.25, 0.3) is 5.82 Å². The maximum absolute atomic E-state index is 2.59. The quantitative estimate of drug-likeness (QED) is 0.213. The number of aryl methyl sites for hydroxylation is 3. The van der Waals surface area contributed by atoms with E-state index >= 15 is 0 Å². The molecule has 0 N–H and O–H groups in total. The molecule has 2 heteroatoms.